The number of amides is 1. The summed E-state index contributed by atoms with van der Waals surface area (Å²) >= 11 is 2.48. The minimum atomic E-state index is -0.404. The maximum absolute atomic E-state index is 12.8. The predicted octanol–water partition coefficient (Wildman–Crippen LogP) is 5.21. The standard InChI is InChI=1S/C21H17N5O2S2/c1-2-28-13-8-9-15-16(10-13)29-21(25-15)26-19(27)18-17(23)14(11-22)20(30-18)24-12-6-4-3-5-7-12/h3-10,24H,2,23H2,1H3,(H,25,26,27). The SMILES string of the molecule is CCOc1ccc2nc(NC(=O)c3sc(Nc4ccccc4)c(C#N)c3N)sc2c1. The lowest BCUT2D eigenvalue weighted by molar-refractivity contribution is 0.103. The molecule has 2 heterocycles. The summed E-state index contributed by atoms with van der Waals surface area (Å²) in [6.07, 6.45) is 0. The Morgan fingerprint density at radius 3 is 2.77 bits per heavy atom. The van der Waals surface area contributed by atoms with E-state index < -0.39 is 5.91 Å². The minimum Gasteiger partial charge on any atom is -0.494 e. The van der Waals surface area contributed by atoms with Gasteiger partial charge in [0.05, 0.1) is 22.5 Å². The lowest BCUT2D eigenvalue weighted by Gasteiger charge is -2.03. The molecule has 2 aromatic heterocycles. The minimum absolute atomic E-state index is 0.151. The van der Waals surface area contributed by atoms with Crippen LogP contribution < -0.4 is 21.1 Å². The number of fused-ring (bicyclic) bond motifs is 1. The highest BCUT2D eigenvalue weighted by molar-refractivity contribution is 7.22. The van der Waals surface area contributed by atoms with Crippen molar-refractivity contribution in [2.75, 3.05) is 23.0 Å². The molecule has 0 aliphatic carbocycles. The molecule has 0 fully saturated rings. The van der Waals surface area contributed by atoms with Crippen molar-refractivity contribution in [3.63, 3.8) is 0 Å². The number of benzene rings is 2. The summed E-state index contributed by atoms with van der Waals surface area (Å²) in [6, 6.07) is 17.1. The molecule has 0 bridgehead atoms. The van der Waals surface area contributed by atoms with Crippen LogP contribution in [0.2, 0.25) is 0 Å². The average molecular weight is 436 g/mol. The van der Waals surface area contributed by atoms with E-state index in [1.165, 1.54) is 11.3 Å². The van der Waals surface area contributed by atoms with Gasteiger partial charge in [0.15, 0.2) is 5.13 Å². The highest BCUT2D eigenvalue weighted by atomic mass is 32.1. The number of carbonyl (C=O) groups is 1. The van der Waals surface area contributed by atoms with Crippen LogP contribution in [0.25, 0.3) is 10.2 Å². The third-order valence-corrected chi connectivity index (χ3v) is 6.24. The monoisotopic (exact) mass is 435 g/mol. The molecule has 7 nitrogen and oxygen atoms in total. The van der Waals surface area contributed by atoms with Crippen LogP contribution >= 0.6 is 22.7 Å². The Morgan fingerprint density at radius 1 is 1.23 bits per heavy atom. The number of para-hydroxylation sites is 1. The number of rotatable bonds is 6. The number of hydrogen-bond donors (Lipinski definition) is 3. The van der Waals surface area contributed by atoms with Gasteiger partial charge in [-0.2, -0.15) is 5.26 Å². The lowest BCUT2D eigenvalue weighted by atomic mass is 10.2. The van der Waals surface area contributed by atoms with Crippen LogP contribution in [0.4, 0.5) is 21.5 Å². The van der Waals surface area contributed by atoms with Crippen LogP contribution in [0.5, 0.6) is 5.75 Å². The number of hydrogen-bond acceptors (Lipinski definition) is 8. The van der Waals surface area contributed by atoms with E-state index in [1.807, 2.05) is 55.5 Å². The van der Waals surface area contributed by atoms with Crippen molar-refractivity contribution < 1.29 is 9.53 Å². The van der Waals surface area contributed by atoms with E-state index in [0.717, 1.165) is 33.0 Å². The van der Waals surface area contributed by atoms with Crippen molar-refractivity contribution in [2.45, 2.75) is 6.92 Å². The summed E-state index contributed by atoms with van der Waals surface area (Å²) in [5, 5.41) is 16.4. The zero-order chi connectivity index (χ0) is 21.1. The molecule has 0 radical (unpaired) electrons. The van der Waals surface area contributed by atoms with Crippen LogP contribution in [-0.4, -0.2) is 17.5 Å². The first-order valence-electron chi connectivity index (χ1n) is 9.08. The normalized spacial score (nSPS) is 10.5. The second-order valence-corrected chi connectivity index (χ2v) is 8.24. The smallest absolute Gasteiger partial charge is 0.269 e. The Labute approximate surface area is 180 Å². The summed E-state index contributed by atoms with van der Waals surface area (Å²) in [7, 11) is 0. The molecule has 4 N–H and O–H groups in total. The molecular formula is C21H17N5O2S2. The number of carbonyl (C=O) groups excluding carboxylic acids is 1. The Balaban J connectivity index is 1.59. The van der Waals surface area contributed by atoms with Gasteiger partial charge in [0.2, 0.25) is 0 Å². The largest absolute Gasteiger partial charge is 0.494 e. The van der Waals surface area contributed by atoms with Gasteiger partial charge in [0.1, 0.15) is 27.3 Å². The number of nitrogens with one attached hydrogen (secondary N) is 2. The van der Waals surface area contributed by atoms with E-state index in [9.17, 15) is 10.1 Å². The molecule has 30 heavy (non-hydrogen) atoms. The predicted molar refractivity (Wildman–Crippen MR) is 122 cm³/mol. The van der Waals surface area contributed by atoms with Crippen molar-refractivity contribution in [3.05, 3.63) is 59.0 Å². The van der Waals surface area contributed by atoms with E-state index in [-0.39, 0.29) is 16.1 Å². The van der Waals surface area contributed by atoms with Crippen LogP contribution in [0.3, 0.4) is 0 Å². The van der Waals surface area contributed by atoms with E-state index in [2.05, 4.69) is 21.7 Å². The topological polar surface area (TPSA) is 113 Å². The van der Waals surface area contributed by atoms with Crippen LogP contribution in [-0.2, 0) is 0 Å². The Kier molecular flexibility index (Phi) is 5.52. The summed E-state index contributed by atoms with van der Waals surface area (Å²) in [4.78, 5) is 17.5. The first kappa shape index (κ1) is 19.7. The molecule has 4 aromatic rings. The molecule has 0 aliphatic rings. The van der Waals surface area contributed by atoms with Crippen LogP contribution in [0, 0.1) is 11.3 Å². The number of thiazole rings is 1. The number of aromatic nitrogens is 1. The van der Waals surface area contributed by atoms with Gasteiger partial charge in [-0.05, 0) is 37.3 Å². The van der Waals surface area contributed by atoms with E-state index in [0.29, 0.717) is 16.7 Å². The van der Waals surface area contributed by atoms with Gasteiger partial charge in [0.25, 0.3) is 5.91 Å². The lowest BCUT2D eigenvalue weighted by Crippen LogP contribution is -2.11. The summed E-state index contributed by atoms with van der Waals surface area (Å²) in [5.74, 6) is 0.350. The highest BCUT2D eigenvalue weighted by Crippen LogP contribution is 2.38. The van der Waals surface area contributed by atoms with Gasteiger partial charge >= 0.3 is 0 Å². The Bertz CT molecular complexity index is 1260. The first-order valence-corrected chi connectivity index (χ1v) is 10.7. The zero-order valence-electron chi connectivity index (χ0n) is 15.9. The van der Waals surface area contributed by atoms with Gasteiger partial charge in [-0.25, -0.2) is 4.98 Å². The number of nitrogen functional groups attached to an aromatic ring is 1. The quantitative estimate of drug-likeness (QED) is 0.383. The fraction of sp³-hybridized carbons (Fsp3) is 0.0952. The van der Waals surface area contributed by atoms with Gasteiger partial charge in [-0.3, -0.25) is 10.1 Å². The van der Waals surface area contributed by atoms with Crippen LogP contribution in [0.1, 0.15) is 22.2 Å². The second-order valence-electron chi connectivity index (χ2n) is 6.19. The molecule has 0 saturated heterocycles. The van der Waals surface area contributed by atoms with Crippen molar-refractivity contribution in [1.82, 2.24) is 4.98 Å². The third kappa shape index (κ3) is 3.91. The van der Waals surface area contributed by atoms with Gasteiger partial charge in [-0.15, -0.1) is 11.3 Å². The van der Waals surface area contributed by atoms with E-state index in [4.69, 9.17) is 10.5 Å². The second kappa shape index (κ2) is 8.41. The maximum atomic E-state index is 12.8. The molecular weight excluding hydrogens is 418 g/mol. The molecule has 0 unspecified atom stereocenters. The van der Waals surface area contributed by atoms with Crippen molar-refractivity contribution in [3.8, 4) is 11.8 Å². The fourth-order valence-electron chi connectivity index (χ4n) is 2.83. The summed E-state index contributed by atoms with van der Waals surface area (Å²) in [5.41, 5.74) is 8.08. The number of thiophene rings is 1. The van der Waals surface area contributed by atoms with Gasteiger partial charge in [-0.1, -0.05) is 29.5 Å². The summed E-state index contributed by atoms with van der Waals surface area (Å²) < 4.78 is 6.41. The third-order valence-electron chi connectivity index (χ3n) is 4.19. The fourth-order valence-corrected chi connectivity index (χ4v) is 4.71. The van der Waals surface area contributed by atoms with Gasteiger partial charge in [0, 0.05) is 5.69 Å². The molecule has 0 aliphatic heterocycles. The number of nitrogens with two attached hydrogens (primary N) is 1. The Morgan fingerprint density at radius 2 is 2.03 bits per heavy atom. The number of anilines is 4. The van der Waals surface area contributed by atoms with Gasteiger partial charge < -0.3 is 15.8 Å². The van der Waals surface area contributed by atoms with Crippen molar-refractivity contribution in [2.24, 2.45) is 0 Å². The average Bonchev–Trinajstić information content (AvgIpc) is 3.28. The van der Waals surface area contributed by atoms with Crippen molar-refractivity contribution >= 4 is 60.3 Å². The first-order chi connectivity index (χ1) is 14.6. The highest BCUT2D eigenvalue weighted by Gasteiger charge is 2.22. The molecule has 2 aromatic carbocycles. The van der Waals surface area contributed by atoms with Crippen molar-refractivity contribution in [1.29, 1.82) is 5.26 Å². The van der Waals surface area contributed by atoms with Crippen LogP contribution in [0.15, 0.2) is 48.5 Å². The molecule has 1 amide bonds. The Hall–Kier alpha value is -3.61. The maximum Gasteiger partial charge on any atom is 0.269 e. The molecule has 150 valence electrons. The summed E-state index contributed by atoms with van der Waals surface area (Å²) in [6.45, 7) is 2.50. The molecule has 0 spiro atoms. The number of nitrogens with zero attached hydrogens (tertiary/aromatic N) is 2. The molecule has 0 saturated carbocycles. The number of nitriles is 1. The van der Waals surface area contributed by atoms with E-state index in [1.54, 1.807) is 0 Å². The molecule has 9 heteroatoms. The zero-order valence-corrected chi connectivity index (χ0v) is 17.6. The molecule has 4 rings (SSSR count). The number of ether oxygens (including phenoxy) is 1. The van der Waals surface area contributed by atoms with E-state index >= 15 is 0 Å². The molecule has 0 atom stereocenters.